The van der Waals surface area contributed by atoms with Crippen LogP contribution in [-0.4, -0.2) is 61.3 Å². The number of ether oxygens (including phenoxy) is 3. The van der Waals surface area contributed by atoms with Crippen molar-refractivity contribution in [2.45, 2.75) is 26.4 Å². The van der Waals surface area contributed by atoms with E-state index >= 15 is 0 Å². The molecule has 1 unspecified atom stereocenters. The number of epoxide rings is 1. The van der Waals surface area contributed by atoms with E-state index in [4.69, 9.17) is 23.1 Å². The van der Waals surface area contributed by atoms with Gasteiger partial charge in [0.15, 0.2) is 0 Å². The van der Waals surface area contributed by atoms with Gasteiger partial charge in [-0.2, -0.15) is 0 Å². The summed E-state index contributed by atoms with van der Waals surface area (Å²) < 4.78 is 27.0. The third-order valence-electron chi connectivity index (χ3n) is 2.24. The zero-order valence-electron chi connectivity index (χ0n) is 10.9. The van der Waals surface area contributed by atoms with Crippen LogP contribution in [0.3, 0.4) is 0 Å². The van der Waals surface area contributed by atoms with Gasteiger partial charge in [0.2, 0.25) is 0 Å². The molecule has 0 aromatic heterocycles. The Labute approximate surface area is 105 Å². The second-order valence-corrected chi connectivity index (χ2v) is 5.66. The Morgan fingerprint density at radius 1 is 1.12 bits per heavy atom. The normalized spacial score (nSPS) is 18.9. The Kier molecular flexibility index (Phi) is 8.86. The summed E-state index contributed by atoms with van der Waals surface area (Å²) in [6.45, 7) is 8.36. The lowest BCUT2D eigenvalue weighted by atomic mass is 10.5. The second kappa shape index (κ2) is 9.99. The molecule has 0 aromatic rings. The van der Waals surface area contributed by atoms with Gasteiger partial charge in [-0.15, -0.1) is 0 Å². The van der Waals surface area contributed by atoms with Crippen molar-refractivity contribution in [1.29, 1.82) is 0 Å². The summed E-state index contributed by atoms with van der Waals surface area (Å²) in [4.78, 5) is 0. The van der Waals surface area contributed by atoms with Gasteiger partial charge in [-0.25, -0.2) is 0 Å². The summed E-state index contributed by atoms with van der Waals surface area (Å²) in [5, 5.41) is 0. The first-order chi connectivity index (χ1) is 8.36. The van der Waals surface area contributed by atoms with E-state index < -0.39 is 9.28 Å². The van der Waals surface area contributed by atoms with E-state index in [1.54, 1.807) is 0 Å². The van der Waals surface area contributed by atoms with E-state index in [1.165, 1.54) is 0 Å². The molecule has 1 fully saturated rings. The van der Waals surface area contributed by atoms with Crippen LogP contribution < -0.4 is 0 Å². The molecule has 6 heteroatoms. The molecular formula is C11H24O5Si. The Hall–Kier alpha value is 0.0169. The van der Waals surface area contributed by atoms with Gasteiger partial charge in [0.1, 0.15) is 6.10 Å². The Morgan fingerprint density at radius 3 is 2.35 bits per heavy atom. The molecule has 17 heavy (non-hydrogen) atoms. The van der Waals surface area contributed by atoms with Crippen LogP contribution in [0.2, 0.25) is 0 Å². The van der Waals surface area contributed by atoms with Gasteiger partial charge < -0.3 is 23.1 Å². The van der Waals surface area contributed by atoms with Gasteiger partial charge in [-0.1, -0.05) is 0 Å². The third-order valence-corrected chi connectivity index (χ3v) is 4.16. The molecule has 1 atom stereocenters. The smallest absolute Gasteiger partial charge is 0.348 e. The van der Waals surface area contributed by atoms with Crippen molar-refractivity contribution in [2.24, 2.45) is 0 Å². The van der Waals surface area contributed by atoms with Crippen LogP contribution in [0, 0.1) is 0 Å². The molecule has 0 N–H and O–H groups in total. The van der Waals surface area contributed by atoms with E-state index in [2.05, 4.69) is 0 Å². The van der Waals surface area contributed by atoms with Crippen molar-refractivity contribution in [3.8, 4) is 0 Å². The highest BCUT2D eigenvalue weighted by atomic mass is 28.3. The van der Waals surface area contributed by atoms with Gasteiger partial charge >= 0.3 is 9.28 Å². The first-order valence-electron chi connectivity index (χ1n) is 6.37. The van der Waals surface area contributed by atoms with Crippen LogP contribution in [0.1, 0.15) is 20.3 Å². The maximum Gasteiger partial charge on any atom is 0.348 e. The van der Waals surface area contributed by atoms with Crippen molar-refractivity contribution in [2.75, 3.05) is 45.9 Å². The summed E-state index contributed by atoms with van der Waals surface area (Å²) in [6.07, 6.45) is 1.88. The molecule has 102 valence electrons. The van der Waals surface area contributed by atoms with Crippen molar-refractivity contribution >= 4 is 9.28 Å². The molecule has 1 saturated heterocycles. The van der Waals surface area contributed by atoms with Crippen LogP contribution in [-0.2, 0) is 23.1 Å². The number of hydrogen-bond donors (Lipinski definition) is 0. The van der Waals surface area contributed by atoms with Gasteiger partial charge in [-0.05, 0) is 20.3 Å². The third kappa shape index (κ3) is 8.70. The SMILES string of the molecule is CCO[SiH](COCCCOCC1CO1)OCC. The van der Waals surface area contributed by atoms with Crippen LogP contribution >= 0.6 is 0 Å². The predicted octanol–water partition coefficient (Wildman–Crippen LogP) is 0.641. The van der Waals surface area contributed by atoms with Crippen molar-refractivity contribution in [3.05, 3.63) is 0 Å². The summed E-state index contributed by atoms with van der Waals surface area (Å²) >= 11 is 0. The van der Waals surface area contributed by atoms with Gasteiger partial charge in [-0.3, -0.25) is 0 Å². The quantitative estimate of drug-likeness (QED) is 0.294. The molecule has 1 aliphatic rings. The zero-order chi connectivity index (χ0) is 12.3. The lowest BCUT2D eigenvalue weighted by molar-refractivity contribution is 0.0773. The number of hydrogen-bond acceptors (Lipinski definition) is 5. The largest absolute Gasteiger partial charge is 0.396 e. The summed E-state index contributed by atoms with van der Waals surface area (Å²) in [6, 6.07) is 0. The van der Waals surface area contributed by atoms with E-state index in [9.17, 15) is 0 Å². The topological polar surface area (TPSA) is 49.5 Å². The Morgan fingerprint density at radius 2 is 1.76 bits per heavy atom. The highest BCUT2D eigenvalue weighted by molar-refractivity contribution is 6.44. The fourth-order valence-corrected chi connectivity index (χ4v) is 2.73. The molecule has 1 rings (SSSR count). The van der Waals surface area contributed by atoms with Gasteiger partial charge in [0.05, 0.1) is 19.4 Å². The molecule has 1 heterocycles. The monoisotopic (exact) mass is 264 g/mol. The molecule has 1 aliphatic heterocycles. The van der Waals surface area contributed by atoms with E-state index in [1.807, 2.05) is 13.8 Å². The maximum atomic E-state index is 5.52. The van der Waals surface area contributed by atoms with Crippen LogP contribution in [0.25, 0.3) is 0 Å². The number of rotatable bonds is 12. The second-order valence-electron chi connectivity index (χ2n) is 3.80. The molecular weight excluding hydrogens is 240 g/mol. The Bertz CT molecular complexity index is 171. The van der Waals surface area contributed by atoms with Crippen LogP contribution in [0.15, 0.2) is 0 Å². The average Bonchev–Trinajstić information content (AvgIpc) is 3.12. The standard InChI is InChI=1S/C11H24O5Si/c1-3-15-17(16-4-2)10-13-7-5-6-12-8-11-9-14-11/h11,17H,3-10H2,1-2H3. The highest BCUT2D eigenvalue weighted by Crippen LogP contribution is 2.08. The highest BCUT2D eigenvalue weighted by Gasteiger charge is 2.21. The van der Waals surface area contributed by atoms with Crippen molar-refractivity contribution in [1.82, 2.24) is 0 Å². The molecule has 0 spiro atoms. The summed E-state index contributed by atoms with van der Waals surface area (Å²) in [7, 11) is -1.58. The van der Waals surface area contributed by atoms with Gasteiger partial charge in [0, 0.05) is 26.4 Å². The first kappa shape index (κ1) is 15.1. The molecule has 5 nitrogen and oxygen atoms in total. The molecule has 0 radical (unpaired) electrons. The average molecular weight is 264 g/mol. The maximum absolute atomic E-state index is 5.52. The predicted molar refractivity (Wildman–Crippen MR) is 66.4 cm³/mol. The van der Waals surface area contributed by atoms with E-state index in [0.717, 1.165) is 26.2 Å². The molecule has 0 aromatic carbocycles. The minimum atomic E-state index is -1.58. The lowest BCUT2D eigenvalue weighted by Gasteiger charge is -2.14. The van der Waals surface area contributed by atoms with E-state index in [0.29, 0.717) is 32.2 Å². The minimum Gasteiger partial charge on any atom is -0.396 e. The van der Waals surface area contributed by atoms with Gasteiger partial charge in [0.25, 0.3) is 0 Å². The zero-order valence-corrected chi connectivity index (χ0v) is 12.0. The summed E-state index contributed by atoms with van der Waals surface area (Å²) in [5.41, 5.74) is 0. The first-order valence-corrected chi connectivity index (χ1v) is 8.13. The molecule has 0 saturated carbocycles. The molecule has 0 aliphatic carbocycles. The van der Waals surface area contributed by atoms with Crippen LogP contribution in [0.4, 0.5) is 0 Å². The van der Waals surface area contributed by atoms with E-state index in [-0.39, 0.29) is 0 Å². The fraction of sp³-hybridized carbons (Fsp3) is 1.00. The summed E-state index contributed by atoms with van der Waals surface area (Å²) in [5.74, 6) is 0. The minimum absolute atomic E-state index is 0.351. The molecule has 0 bridgehead atoms. The Balaban J connectivity index is 1.82. The molecule has 0 amide bonds. The van der Waals surface area contributed by atoms with Crippen molar-refractivity contribution in [3.63, 3.8) is 0 Å². The lowest BCUT2D eigenvalue weighted by Crippen LogP contribution is -2.29. The van der Waals surface area contributed by atoms with Crippen LogP contribution in [0.5, 0.6) is 0 Å². The van der Waals surface area contributed by atoms with Crippen molar-refractivity contribution < 1.29 is 23.1 Å². The fourth-order valence-electron chi connectivity index (χ4n) is 1.34.